The zero-order valence-corrected chi connectivity index (χ0v) is 10.7. The smallest absolute Gasteiger partial charge is 0.215 e. The third kappa shape index (κ3) is 2.20. The van der Waals surface area contributed by atoms with Gasteiger partial charge in [0, 0.05) is 6.07 Å². The highest BCUT2D eigenvalue weighted by molar-refractivity contribution is 5.76. The van der Waals surface area contributed by atoms with Crippen LogP contribution in [0.25, 0.3) is 22.6 Å². The summed E-state index contributed by atoms with van der Waals surface area (Å²) in [5.41, 5.74) is 1.10. The van der Waals surface area contributed by atoms with E-state index in [1.807, 2.05) is 6.92 Å². The molecule has 0 bridgehead atoms. The first kappa shape index (κ1) is 12.5. The monoisotopic (exact) mass is 275 g/mol. The molecule has 0 unspecified atom stereocenters. The van der Waals surface area contributed by atoms with Gasteiger partial charge in [-0.3, -0.25) is 0 Å². The number of H-pyrrole nitrogens is 1. The van der Waals surface area contributed by atoms with Crippen molar-refractivity contribution in [1.29, 1.82) is 0 Å². The van der Waals surface area contributed by atoms with Gasteiger partial charge in [-0.05, 0) is 31.2 Å². The first-order valence-corrected chi connectivity index (χ1v) is 6.12. The molecular weight excluding hydrogens is 264 g/mol. The maximum absolute atomic E-state index is 13.7. The van der Waals surface area contributed by atoms with Gasteiger partial charge in [-0.25, -0.2) is 13.8 Å². The lowest BCUT2D eigenvalue weighted by atomic mass is 10.2. The zero-order chi connectivity index (χ0) is 14.1. The van der Waals surface area contributed by atoms with Crippen LogP contribution in [0, 0.1) is 11.6 Å². The highest BCUT2D eigenvalue weighted by atomic mass is 19.1. The average Bonchev–Trinajstić information content (AvgIpc) is 2.85. The predicted molar refractivity (Wildman–Crippen MR) is 70.4 cm³/mol. The molecule has 0 aliphatic heterocycles. The Morgan fingerprint density at radius 3 is 2.80 bits per heavy atom. The molecule has 0 saturated carbocycles. The second kappa shape index (κ2) is 4.88. The molecule has 0 radical (unpaired) electrons. The Morgan fingerprint density at radius 2 is 2.00 bits per heavy atom. The zero-order valence-electron chi connectivity index (χ0n) is 10.7. The van der Waals surface area contributed by atoms with E-state index in [1.54, 1.807) is 12.1 Å². The maximum atomic E-state index is 13.7. The molecule has 0 atom stereocenters. The normalized spacial score (nSPS) is 10.9. The first-order valence-electron chi connectivity index (χ1n) is 6.12. The molecule has 0 aliphatic carbocycles. The van der Waals surface area contributed by atoms with Gasteiger partial charge < -0.3 is 9.72 Å². The van der Waals surface area contributed by atoms with Crippen molar-refractivity contribution < 1.29 is 13.5 Å². The van der Waals surface area contributed by atoms with Crippen LogP contribution in [-0.4, -0.2) is 21.6 Å². The Labute approximate surface area is 113 Å². The molecule has 0 fully saturated rings. The van der Waals surface area contributed by atoms with Crippen molar-refractivity contribution in [3.05, 3.63) is 42.0 Å². The minimum atomic E-state index is -0.546. The summed E-state index contributed by atoms with van der Waals surface area (Å²) in [6, 6.07) is 6.65. The molecule has 2 heterocycles. The van der Waals surface area contributed by atoms with E-state index in [-0.39, 0.29) is 11.4 Å². The van der Waals surface area contributed by atoms with Gasteiger partial charge in [-0.1, -0.05) is 0 Å². The minimum absolute atomic E-state index is 0.0703. The molecule has 4 nitrogen and oxygen atoms in total. The quantitative estimate of drug-likeness (QED) is 0.798. The summed E-state index contributed by atoms with van der Waals surface area (Å²) in [4.78, 5) is 11.3. The Kier molecular flexibility index (Phi) is 3.06. The van der Waals surface area contributed by atoms with Gasteiger partial charge in [0.05, 0.1) is 17.7 Å². The lowest BCUT2D eigenvalue weighted by Crippen LogP contribution is -1.93. The number of aromatic amines is 1. The van der Waals surface area contributed by atoms with E-state index in [1.165, 1.54) is 0 Å². The lowest BCUT2D eigenvalue weighted by Gasteiger charge is -1.99. The number of hydrogen-bond donors (Lipinski definition) is 1. The Balaban J connectivity index is 2.10. The van der Waals surface area contributed by atoms with Crippen molar-refractivity contribution in [2.75, 3.05) is 6.61 Å². The Morgan fingerprint density at radius 1 is 1.15 bits per heavy atom. The highest BCUT2D eigenvalue weighted by Crippen LogP contribution is 2.24. The van der Waals surface area contributed by atoms with E-state index < -0.39 is 11.6 Å². The SMILES string of the molecule is CCOc1ccc2[nH]c(-c3cc(F)ccc3F)nc2n1. The van der Waals surface area contributed by atoms with Gasteiger partial charge >= 0.3 is 0 Å². The molecule has 0 amide bonds. The molecule has 0 aliphatic rings. The number of aromatic nitrogens is 3. The molecule has 2 aromatic heterocycles. The second-order valence-corrected chi connectivity index (χ2v) is 4.16. The predicted octanol–water partition coefficient (Wildman–Crippen LogP) is 3.30. The van der Waals surface area contributed by atoms with Crippen molar-refractivity contribution in [3.8, 4) is 17.3 Å². The third-order valence-corrected chi connectivity index (χ3v) is 2.80. The van der Waals surface area contributed by atoms with Crippen molar-refractivity contribution >= 4 is 11.2 Å². The number of halogens is 2. The van der Waals surface area contributed by atoms with Crippen LogP contribution < -0.4 is 4.74 Å². The van der Waals surface area contributed by atoms with E-state index in [0.717, 1.165) is 18.2 Å². The maximum Gasteiger partial charge on any atom is 0.215 e. The van der Waals surface area contributed by atoms with Crippen LogP contribution in [0.4, 0.5) is 8.78 Å². The van der Waals surface area contributed by atoms with Gasteiger partial charge in [-0.2, -0.15) is 4.98 Å². The fourth-order valence-corrected chi connectivity index (χ4v) is 1.91. The van der Waals surface area contributed by atoms with E-state index >= 15 is 0 Å². The summed E-state index contributed by atoms with van der Waals surface area (Å²) in [5, 5.41) is 0. The molecule has 1 aromatic carbocycles. The van der Waals surface area contributed by atoms with E-state index in [9.17, 15) is 8.78 Å². The molecule has 3 rings (SSSR count). The van der Waals surface area contributed by atoms with E-state index in [4.69, 9.17) is 4.74 Å². The number of fused-ring (bicyclic) bond motifs is 1. The fourth-order valence-electron chi connectivity index (χ4n) is 1.91. The molecule has 102 valence electrons. The van der Waals surface area contributed by atoms with Crippen molar-refractivity contribution in [2.24, 2.45) is 0 Å². The summed E-state index contributed by atoms with van der Waals surface area (Å²) < 4.78 is 32.2. The minimum Gasteiger partial charge on any atom is -0.478 e. The first-order chi connectivity index (χ1) is 9.67. The van der Waals surface area contributed by atoms with Crippen molar-refractivity contribution in [3.63, 3.8) is 0 Å². The van der Waals surface area contributed by atoms with Gasteiger partial charge in [0.1, 0.15) is 17.5 Å². The topological polar surface area (TPSA) is 50.8 Å². The summed E-state index contributed by atoms with van der Waals surface area (Å²) in [6.45, 7) is 2.35. The summed E-state index contributed by atoms with van der Waals surface area (Å²) >= 11 is 0. The number of benzene rings is 1. The molecule has 3 aromatic rings. The molecule has 20 heavy (non-hydrogen) atoms. The molecular formula is C14H11F2N3O. The molecule has 0 saturated heterocycles. The number of ether oxygens (including phenoxy) is 1. The summed E-state index contributed by atoms with van der Waals surface area (Å²) in [7, 11) is 0. The van der Waals surface area contributed by atoms with Crippen LogP contribution in [0.3, 0.4) is 0 Å². The molecule has 0 spiro atoms. The number of rotatable bonds is 3. The van der Waals surface area contributed by atoms with Gasteiger partial charge in [0.25, 0.3) is 0 Å². The van der Waals surface area contributed by atoms with Crippen molar-refractivity contribution in [2.45, 2.75) is 6.92 Å². The fraction of sp³-hybridized carbons (Fsp3) is 0.143. The lowest BCUT2D eigenvalue weighted by molar-refractivity contribution is 0.328. The van der Waals surface area contributed by atoms with Gasteiger partial charge in [0.2, 0.25) is 5.88 Å². The van der Waals surface area contributed by atoms with Gasteiger partial charge in [-0.15, -0.1) is 0 Å². The molecule has 6 heteroatoms. The van der Waals surface area contributed by atoms with Crippen LogP contribution in [0.5, 0.6) is 5.88 Å². The third-order valence-electron chi connectivity index (χ3n) is 2.80. The van der Waals surface area contributed by atoms with Crippen LogP contribution in [0.15, 0.2) is 30.3 Å². The van der Waals surface area contributed by atoms with Crippen LogP contribution in [0.1, 0.15) is 6.92 Å². The summed E-state index contributed by atoms with van der Waals surface area (Å²) in [6.07, 6.45) is 0. The average molecular weight is 275 g/mol. The standard InChI is InChI=1S/C14H11F2N3O/c1-2-20-12-6-5-11-14(18-12)19-13(17-11)9-7-8(15)3-4-10(9)16/h3-7H,2H2,1H3,(H,17,18,19). The Bertz CT molecular complexity index is 770. The van der Waals surface area contributed by atoms with Crippen LogP contribution >= 0.6 is 0 Å². The van der Waals surface area contributed by atoms with E-state index in [2.05, 4.69) is 15.0 Å². The number of pyridine rings is 1. The number of imidazole rings is 1. The van der Waals surface area contributed by atoms with Gasteiger partial charge in [0.15, 0.2) is 5.65 Å². The largest absolute Gasteiger partial charge is 0.478 e. The molecule has 1 N–H and O–H groups in total. The summed E-state index contributed by atoms with van der Waals surface area (Å²) in [5.74, 6) is -0.392. The number of hydrogen-bond acceptors (Lipinski definition) is 3. The van der Waals surface area contributed by atoms with Crippen LogP contribution in [-0.2, 0) is 0 Å². The Hall–Kier alpha value is -2.50. The van der Waals surface area contributed by atoms with Crippen LogP contribution in [0.2, 0.25) is 0 Å². The highest BCUT2D eigenvalue weighted by Gasteiger charge is 2.12. The van der Waals surface area contributed by atoms with E-state index in [0.29, 0.717) is 23.7 Å². The number of nitrogens with one attached hydrogen (secondary N) is 1. The number of nitrogens with zero attached hydrogens (tertiary/aromatic N) is 2. The van der Waals surface area contributed by atoms with Crippen molar-refractivity contribution in [1.82, 2.24) is 15.0 Å². The second-order valence-electron chi connectivity index (χ2n) is 4.16.